The van der Waals surface area contributed by atoms with Gasteiger partial charge in [-0.1, -0.05) is 64.6 Å². The van der Waals surface area contributed by atoms with Crippen LogP contribution in [0, 0.1) is 27.8 Å². The van der Waals surface area contributed by atoms with Crippen LogP contribution in [0.4, 0.5) is 4.79 Å². The number of amides is 2. The standard InChI is InChI=1S/C21H31ClN3O3S.2CH2/c1-16-19(22)12-7-13-20(16)29(27,28)25-14-8-11-18(25)15-23-21(26)24-17-9-5-3-2-4-6-10-17;;/h7,12-13,18H,2-6,8-11,14-15H2,1H3,(H2,23,24,26);2*1H2. The fraction of sp³-hybridized carbons (Fsp3) is 0.565. The number of hydrogen-bond acceptors (Lipinski definition) is 3. The zero-order valence-corrected chi connectivity index (χ0v) is 20.0. The first-order valence-electron chi connectivity index (χ1n) is 10.6. The lowest BCUT2D eigenvalue weighted by atomic mass is 9.97. The number of sulfonamides is 1. The van der Waals surface area contributed by atoms with Crippen LogP contribution in [0.5, 0.6) is 0 Å². The first-order valence-corrected chi connectivity index (χ1v) is 12.4. The van der Waals surface area contributed by atoms with Crippen molar-refractivity contribution in [2.24, 2.45) is 0 Å². The molecule has 1 heterocycles. The summed E-state index contributed by atoms with van der Waals surface area (Å²) in [6, 6.07) is 5.56. The Morgan fingerprint density at radius 2 is 1.74 bits per heavy atom. The highest BCUT2D eigenvalue weighted by molar-refractivity contribution is 7.89. The minimum atomic E-state index is -3.65. The van der Waals surface area contributed by atoms with Gasteiger partial charge in [-0.25, -0.2) is 13.2 Å². The van der Waals surface area contributed by atoms with Crippen molar-refractivity contribution in [3.05, 3.63) is 49.7 Å². The molecule has 173 valence electrons. The quantitative estimate of drug-likeness (QED) is 0.635. The van der Waals surface area contributed by atoms with Gasteiger partial charge in [0, 0.05) is 24.2 Å². The number of nitrogens with zero attached hydrogens (tertiary/aromatic N) is 1. The number of urea groups is 1. The second-order valence-electron chi connectivity index (χ2n) is 7.98. The maximum atomic E-state index is 13.2. The molecule has 0 bridgehead atoms. The van der Waals surface area contributed by atoms with Crippen LogP contribution >= 0.6 is 11.6 Å². The van der Waals surface area contributed by atoms with Crippen molar-refractivity contribution >= 4 is 27.7 Å². The normalized spacial score (nSPS) is 20.6. The summed E-state index contributed by atoms with van der Waals surface area (Å²) in [6.07, 6.45) is 9.32. The first kappa shape index (κ1) is 27.7. The second kappa shape index (κ2) is 12.7. The fourth-order valence-electron chi connectivity index (χ4n) is 4.20. The van der Waals surface area contributed by atoms with E-state index < -0.39 is 10.0 Å². The summed E-state index contributed by atoms with van der Waals surface area (Å²) in [5.41, 5.74) is 0.561. The van der Waals surface area contributed by atoms with E-state index in [0.29, 0.717) is 23.7 Å². The zero-order valence-electron chi connectivity index (χ0n) is 18.5. The van der Waals surface area contributed by atoms with Crippen molar-refractivity contribution in [3.63, 3.8) is 0 Å². The van der Waals surface area contributed by atoms with Crippen LogP contribution in [0.25, 0.3) is 0 Å². The molecule has 1 atom stereocenters. The summed E-state index contributed by atoms with van der Waals surface area (Å²) < 4.78 is 27.9. The number of carbonyl (C=O) groups excluding carboxylic acids is 1. The predicted molar refractivity (Wildman–Crippen MR) is 126 cm³/mol. The van der Waals surface area contributed by atoms with Gasteiger partial charge < -0.3 is 10.6 Å². The van der Waals surface area contributed by atoms with Gasteiger partial charge in [0.15, 0.2) is 0 Å². The van der Waals surface area contributed by atoms with Crippen molar-refractivity contribution in [1.29, 1.82) is 0 Å². The Balaban J connectivity index is 0.00000240. The Hall–Kier alpha value is -1.31. The molecule has 2 fully saturated rings. The van der Waals surface area contributed by atoms with Crippen LogP contribution in [0.2, 0.25) is 5.02 Å². The average Bonchev–Trinajstić information content (AvgIpc) is 3.14. The van der Waals surface area contributed by atoms with Crippen molar-refractivity contribution in [2.75, 3.05) is 13.1 Å². The largest absolute Gasteiger partial charge is 0.337 e. The van der Waals surface area contributed by atoms with Gasteiger partial charge in [-0.3, -0.25) is 0 Å². The molecule has 2 amide bonds. The molecule has 1 unspecified atom stereocenters. The third-order valence-electron chi connectivity index (χ3n) is 5.87. The Kier molecular flexibility index (Phi) is 11.3. The minimum Gasteiger partial charge on any atom is -0.337 e. The summed E-state index contributed by atoms with van der Waals surface area (Å²) in [5.74, 6) is 0. The van der Waals surface area contributed by atoms with Crippen LogP contribution in [-0.2, 0) is 10.0 Å². The van der Waals surface area contributed by atoms with E-state index >= 15 is 0 Å². The Morgan fingerprint density at radius 3 is 2.42 bits per heavy atom. The molecule has 8 heteroatoms. The second-order valence-corrected chi connectivity index (χ2v) is 10.2. The third-order valence-corrected chi connectivity index (χ3v) is 8.38. The van der Waals surface area contributed by atoms with Gasteiger partial charge in [-0.05, 0) is 50.3 Å². The molecule has 1 aromatic carbocycles. The minimum absolute atomic E-state index is 0. The van der Waals surface area contributed by atoms with Crippen molar-refractivity contribution in [1.82, 2.24) is 14.9 Å². The Morgan fingerprint density at radius 1 is 1.10 bits per heavy atom. The molecule has 0 aromatic heterocycles. The highest BCUT2D eigenvalue weighted by Gasteiger charge is 2.36. The highest BCUT2D eigenvalue weighted by Crippen LogP contribution is 2.30. The van der Waals surface area contributed by atoms with Crippen molar-refractivity contribution in [2.45, 2.75) is 75.6 Å². The zero-order chi connectivity index (χ0) is 20.9. The van der Waals surface area contributed by atoms with E-state index in [9.17, 15) is 13.2 Å². The highest BCUT2D eigenvalue weighted by atomic mass is 35.5. The number of nitrogens with one attached hydrogen (secondary N) is 2. The van der Waals surface area contributed by atoms with E-state index in [0.717, 1.165) is 44.6 Å². The summed E-state index contributed by atoms with van der Waals surface area (Å²) >= 11 is 6.13. The molecule has 0 spiro atoms. The van der Waals surface area contributed by atoms with Crippen LogP contribution in [0.1, 0.15) is 63.4 Å². The number of hydrogen-bond donors (Lipinski definition) is 2. The molecule has 1 saturated heterocycles. The lowest BCUT2D eigenvalue weighted by Crippen LogP contribution is -2.46. The van der Waals surface area contributed by atoms with Crippen LogP contribution in [0.15, 0.2) is 23.1 Å². The van der Waals surface area contributed by atoms with Gasteiger partial charge in [0.05, 0.1) is 10.9 Å². The van der Waals surface area contributed by atoms with Gasteiger partial charge in [0.2, 0.25) is 10.0 Å². The first-order chi connectivity index (χ1) is 13.9. The molecular formula is C23H35ClN3O3S. The molecule has 3 rings (SSSR count). The topological polar surface area (TPSA) is 78.5 Å². The number of benzene rings is 1. The predicted octanol–water partition coefficient (Wildman–Crippen LogP) is 5.03. The molecule has 31 heavy (non-hydrogen) atoms. The summed E-state index contributed by atoms with van der Waals surface area (Å²) in [6.45, 7) is 2.48. The summed E-state index contributed by atoms with van der Waals surface area (Å²) in [7, 11) is -3.65. The van der Waals surface area contributed by atoms with Crippen molar-refractivity contribution in [3.8, 4) is 0 Å². The monoisotopic (exact) mass is 468 g/mol. The molecule has 6 nitrogen and oxygen atoms in total. The maximum absolute atomic E-state index is 13.2. The van der Waals surface area contributed by atoms with Gasteiger partial charge in [0.25, 0.3) is 0 Å². The molecule has 1 aliphatic heterocycles. The Bertz CT molecular complexity index is 808. The maximum Gasteiger partial charge on any atom is 0.315 e. The van der Waals surface area contributed by atoms with Crippen molar-refractivity contribution < 1.29 is 13.2 Å². The Labute approximate surface area is 194 Å². The molecule has 2 aliphatic rings. The van der Waals surface area contributed by atoms with Gasteiger partial charge in [0.1, 0.15) is 0 Å². The van der Waals surface area contributed by atoms with E-state index in [2.05, 4.69) is 10.6 Å². The van der Waals surface area contributed by atoms with E-state index in [1.807, 2.05) is 0 Å². The fourth-order valence-corrected chi connectivity index (χ4v) is 6.37. The van der Waals surface area contributed by atoms with Gasteiger partial charge in [-0.2, -0.15) is 4.31 Å². The van der Waals surface area contributed by atoms with E-state index in [1.54, 1.807) is 25.1 Å². The van der Waals surface area contributed by atoms with Gasteiger partial charge in [-0.15, -0.1) is 0 Å². The lowest BCUT2D eigenvalue weighted by Gasteiger charge is -2.26. The average molecular weight is 469 g/mol. The van der Waals surface area contributed by atoms with Crippen LogP contribution in [-0.4, -0.2) is 37.9 Å². The lowest BCUT2D eigenvalue weighted by molar-refractivity contribution is 0.237. The van der Waals surface area contributed by atoms with Crippen LogP contribution < -0.4 is 10.6 Å². The summed E-state index contributed by atoms with van der Waals surface area (Å²) in [4.78, 5) is 12.6. The van der Waals surface area contributed by atoms with E-state index in [1.165, 1.54) is 23.6 Å². The molecule has 5 radical (unpaired) electrons. The summed E-state index contributed by atoms with van der Waals surface area (Å²) in [5, 5.41) is 6.32. The number of carbonyl (C=O) groups is 1. The SMILES string of the molecule is Cc1c(Cl)cccc1S(=O)(=O)N1CCCC1CNC(=O)N[C]1CCCCCCC1.[CH2].[CH2]. The molecule has 1 aliphatic carbocycles. The number of rotatable bonds is 5. The number of halogens is 1. The van der Waals surface area contributed by atoms with Gasteiger partial charge >= 0.3 is 6.03 Å². The smallest absolute Gasteiger partial charge is 0.315 e. The molecule has 1 aromatic rings. The molecular weight excluding hydrogens is 434 g/mol. The van der Waals surface area contributed by atoms with E-state index in [-0.39, 0.29) is 31.8 Å². The van der Waals surface area contributed by atoms with Crippen LogP contribution in [0.3, 0.4) is 0 Å². The molecule has 2 N–H and O–H groups in total. The van der Waals surface area contributed by atoms with E-state index in [4.69, 9.17) is 11.6 Å². The molecule has 1 saturated carbocycles. The third kappa shape index (κ3) is 7.09.